The van der Waals surface area contributed by atoms with Gasteiger partial charge in [-0.3, -0.25) is 4.57 Å². The third-order valence-electron chi connectivity index (χ3n) is 3.69. The Balaban J connectivity index is 1.71. The molecule has 0 bridgehead atoms. The Morgan fingerprint density at radius 1 is 1.00 bits per heavy atom. The lowest BCUT2D eigenvalue weighted by atomic mass is 10.2. The highest BCUT2D eigenvalue weighted by molar-refractivity contribution is 7.73. The molecule has 0 radical (unpaired) electrons. The zero-order chi connectivity index (χ0) is 16.5. The maximum atomic E-state index is 10.5. The maximum Gasteiger partial charge on any atom is 0.211 e. The van der Waals surface area contributed by atoms with E-state index in [9.17, 15) is 5.11 Å². The molecule has 0 saturated carbocycles. The van der Waals surface area contributed by atoms with E-state index < -0.39 is 0 Å². The van der Waals surface area contributed by atoms with Crippen LogP contribution in [0.3, 0.4) is 0 Å². The Hall–Kier alpha value is -2.57. The number of nitrogens with zero attached hydrogens (tertiary/aromatic N) is 3. The summed E-state index contributed by atoms with van der Waals surface area (Å²) in [6.45, 7) is 0.541. The standard InChI is InChI=1S/C18H13N3OS2/c22-17-15(10-16-19-13-8-4-5-9-14(13)20-16)24-18(23)21(17)11-12-6-2-1-3-7-12/h1-10,22H,11H2. The average molecular weight is 351 g/mol. The van der Waals surface area contributed by atoms with Gasteiger partial charge in [-0.2, -0.15) is 0 Å². The molecule has 1 N–H and O–H groups in total. The fourth-order valence-corrected chi connectivity index (χ4v) is 3.76. The van der Waals surface area contributed by atoms with Gasteiger partial charge in [-0.05, 0) is 29.9 Å². The van der Waals surface area contributed by atoms with Crippen molar-refractivity contribution in [2.45, 2.75) is 6.54 Å². The third-order valence-corrected chi connectivity index (χ3v) is 5.07. The molecule has 4 nitrogen and oxygen atoms in total. The normalized spacial score (nSPS) is 12.4. The van der Waals surface area contributed by atoms with Crippen LogP contribution in [0.25, 0.3) is 6.08 Å². The summed E-state index contributed by atoms with van der Waals surface area (Å²) in [5.74, 6) is 0.734. The van der Waals surface area contributed by atoms with Crippen LogP contribution in [0.2, 0.25) is 0 Å². The van der Waals surface area contributed by atoms with E-state index in [1.807, 2.05) is 54.6 Å². The van der Waals surface area contributed by atoms with Crippen LogP contribution in [0.5, 0.6) is 5.88 Å². The molecule has 2 heterocycles. The van der Waals surface area contributed by atoms with Gasteiger partial charge in [0.1, 0.15) is 0 Å². The highest BCUT2D eigenvalue weighted by Gasteiger charge is 2.12. The molecule has 6 heteroatoms. The minimum atomic E-state index is 0.155. The Morgan fingerprint density at radius 3 is 2.29 bits per heavy atom. The van der Waals surface area contributed by atoms with Crippen molar-refractivity contribution in [2.75, 3.05) is 0 Å². The molecule has 1 aliphatic heterocycles. The predicted molar refractivity (Wildman–Crippen MR) is 97.1 cm³/mol. The van der Waals surface area contributed by atoms with Gasteiger partial charge in [0, 0.05) is 6.08 Å². The topological polar surface area (TPSA) is 49.9 Å². The fraction of sp³-hybridized carbons (Fsp3) is 0.0556. The number of fused-ring (bicyclic) bond motifs is 1. The molecule has 118 valence electrons. The van der Waals surface area contributed by atoms with Crippen LogP contribution in [0, 0.1) is 3.95 Å². The minimum Gasteiger partial charge on any atom is -0.493 e. The molecule has 1 aromatic heterocycles. The van der Waals surface area contributed by atoms with Crippen molar-refractivity contribution >= 4 is 29.6 Å². The van der Waals surface area contributed by atoms with Gasteiger partial charge >= 0.3 is 0 Å². The van der Waals surface area contributed by atoms with Gasteiger partial charge in [0.25, 0.3) is 0 Å². The van der Waals surface area contributed by atoms with Crippen molar-refractivity contribution in [3.05, 3.63) is 85.5 Å². The first kappa shape index (κ1) is 15.0. The smallest absolute Gasteiger partial charge is 0.211 e. The minimum absolute atomic E-state index is 0.155. The number of rotatable bonds is 3. The summed E-state index contributed by atoms with van der Waals surface area (Å²) in [5, 5.41) is 12.2. The Bertz CT molecular complexity index is 1070. The zero-order valence-electron chi connectivity index (χ0n) is 12.6. The molecule has 2 aromatic carbocycles. The van der Waals surface area contributed by atoms with E-state index in [0.717, 1.165) is 16.3 Å². The molecule has 0 saturated heterocycles. The lowest BCUT2D eigenvalue weighted by Crippen LogP contribution is -2.19. The van der Waals surface area contributed by atoms with E-state index in [0.29, 0.717) is 21.2 Å². The Labute approximate surface area is 147 Å². The van der Waals surface area contributed by atoms with Crippen LogP contribution >= 0.6 is 23.6 Å². The molecule has 24 heavy (non-hydrogen) atoms. The van der Waals surface area contributed by atoms with E-state index >= 15 is 0 Å². The van der Waals surface area contributed by atoms with Crippen LogP contribution in [0.1, 0.15) is 10.4 Å². The molecular formula is C18H13N3OS2. The van der Waals surface area contributed by atoms with Crippen LogP contribution in [0.4, 0.5) is 0 Å². The maximum absolute atomic E-state index is 10.5. The van der Waals surface area contributed by atoms with Crippen LogP contribution < -0.4 is 10.7 Å². The summed E-state index contributed by atoms with van der Waals surface area (Å²) in [6.07, 6.45) is 1.78. The summed E-state index contributed by atoms with van der Waals surface area (Å²) in [5.41, 5.74) is 1.09. The Morgan fingerprint density at radius 2 is 1.62 bits per heavy atom. The number of hydrogen-bond donors (Lipinski definition) is 1. The monoisotopic (exact) mass is 351 g/mol. The van der Waals surface area contributed by atoms with Crippen LogP contribution in [-0.4, -0.2) is 9.67 Å². The quantitative estimate of drug-likeness (QED) is 0.736. The molecule has 0 amide bonds. The summed E-state index contributed by atoms with van der Waals surface area (Å²) in [6, 6.07) is 17.6. The number of thiazole rings is 1. The second-order valence-corrected chi connectivity index (χ2v) is 7.02. The molecule has 3 aromatic rings. The number of para-hydroxylation sites is 2. The lowest BCUT2D eigenvalue weighted by Gasteiger charge is -2.04. The van der Waals surface area contributed by atoms with E-state index in [1.54, 1.807) is 10.6 Å². The van der Waals surface area contributed by atoms with Gasteiger partial charge in [0.2, 0.25) is 5.88 Å². The van der Waals surface area contributed by atoms with E-state index in [2.05, 4.69) is 9.98 Å². The number of hydrogen-bond acceptors (Lipinski definition) is 5. The van der Waals surface area contributed by atoms with Crippen molar-refractivity contribution in [3.8, 4) is 5.88 Å². The van der Waals surface area contributed by atoms with Crippen LogP contribution in [0.15, 0.2) is 70.4 Å². The average Bonchev–Trinajstić information content (AvgIpc) is 3.12. The SMILES string of the molecule is Oc1c(C=C2N=c3ccccc3=N2)sc(=S)n1Cc1ccccc1. The third kappa shape index (κ3) is 2.81. The van der Waals surface area contributed by atoms with E-state index in [4.69, 9.17) is 12.2 Å². The van der Waals surface area contributed by atoms with Gasteiger partial charge in [-0.25, -0.2) is 9.98 Å². The second-order valence-electron chi connectivity index (χ2n) is 5.34. The second kappa shape index (κ2) is 6.14. The van der Waals surface area contributed by atoms with Crippen molar-refractivity contribution in [2.24, 2.45) is 9.98 Å². The summed E-state index contributed by atoms with van der Waals surface area (Å²) in [7, 11) is 0. The van der Waals surface area contributed by atoms with Crippen LogP contribution in [-0.2, 0) is 6.54 Å². The summed E-state index contributed by atoms with van der Waals surface area (Å²) < 4.78 is 2.35. The van der Waals surface area contributed by atoms with E-state index in [1.165, 1.54) is 11.3 Å². The molecule has 4 rings (SSSR count). The summed E-state index contributed by atoms with van der Waals surface area (Å²) >= 11 is 6.76. The van der Waals surface area contributed by atoms with Crippen molar-refractivity contribution in [3.63, 3.8) is 0 Å². The van der Waals surface area contributed by atoms with E-state index in [-0.39, 0.29) is 5.88 Å². The van der Waals surface area contributed by atoms with Crippen molar-refractivity contribution < 1.29 is 5.11 Å². The van der Waals surface area contributed by atoms with Gasteiger partial charge in [0.15, 0.2) is 9.78 Å². The highest BCUT2D eigenvalue weighted by Crippen LogP contribution is 2.29. The molecule has 0 fully saturated rings. The lowest BCUT2D eigenvalue weighted by molar-refractivity contribution is 0.422. The molecule has 0 atom stereocenters. The molecule has 0 aliphatic carbocycles. The molecule has 0 unspecified atom stereocenters. The zero-order valence-corrected chi connectivity index (χ0v) is 14.2. The highest BCUT2D eigenvalue weighted by atomic mass is 32.1. The Kier molecular flexibility index (Phi) is 3.84. The fourth-order valence-electron chi connectivity index (χ4n) is 2.52. The van der Waals surface area contributed by atoms with Gasteiger partial charge in [-0.1, -0.05) is 42.5 Å². The first-order valence-corrected chi connectivity index (χ1v) is 8.64. The molecule has 0 spiro atoms. The molecule has 1 aliphatic rings. The summed E-state index contributed by atoms with van der Waals surface area (Å²) in [4.78, 5) is 9.59. The largest absolute Gasteiger partial charge is 0.493 e. The number of aromatic hydroxyl groups is 1. The van der Waals surface area contributed by atoms with Crippen molar-refractivity contribution in [1.82, 2.24) is 4.57 Å². The van der Waals surface area contributed by atoms with Gasteiger partial charge in [-0.15, -0.1) is 11.3 Å². The first-order chi connectivity index (χ1) is 11.7. The number of benzene rings is 2. The molecular weight excluding hydrogens is 338 g/mol. The van der Waals surface area contributed by atoms with Gasteiger partial charge in [0.05, 0.1) is 22.1 Å². The number of aromatic nitrogens is 1. The van der Waals surface area contributed by atoms with Crippen molar-refractivity contribution in [1.29, 1.82) is 0 Å². The predicted octanol–water partition coefficient (Wildman–Crippen LogP) is 3.28. The first-order valence-electron chi connectivity index (χ1n) is 7.41. The van der Waals surface area contributed by atoms with Gasteiger partial charge < -0.3 is 5.11 Å².